The number of hydrogen-bond donors (Lipinski definition) is 3. The number of benzene rings is 2. The number of Topliss-reactive ketones (excluding diaryl/α,β-unsaturated/α-hetero) is 1. The fourth-order valence-electron chi connectivity index (χ4n) is 5.30. The standard InChI is InChI=1S/C30H28N6O7S2/c1-41-21-12-23(43-3)22(42-2)11-17(21)25-18(13-31)27(32)36(19-8-5-9-20(37)26(19)25)29-34-35-30(45-29)44-14-24(38)33-16-7-4-6-15(10-16)28(39)40/h4,6-7,10-12,25H,5,8-9,14,32H2,1-3H3,(H,33,38)(H,39,40). The lowest BCUT2D eigenvalue weighted by molar-refractivity contribution is -0.116. The first-order valence-corrected chi connectivity index (χ1v) is 15.4. The number of thioether (sulfide) groups is 1. The molecule has 1 atom stereocenters. The van der Waals surface area contributed by atoms with Gasteiger partial charge in [0.05, 0.1) is 50.2 Å². The number of aromatic nitrogens is 2. The number of amides is 1. The number of nitriles is 1. The predicted octanol–water partition coefficient (Wildman–Crippen LogP) is 4.30. The van der Waals surface area contributed by atoms with Crippen molar-refractivity contribution in [1.29, 1.82) is 5.26 Å². The number of aromatic carboxylic acids is 1. The van der Waals surface area contributed by atoms with Gasteiger partial charge in [0, 0.05) is 35.0 Å². The van der Waals surface area contributed by atoms with Gasteiger partial charge in [0.2, 0.25) is 11.0 Å². The van der Waals surface area contributed by atoms with E-state index in [0.717, 1.165) is 23.1 Å². The molecule has 2 heterocycles. The first kappa shape index (κ1) is 31.4. The summed E-state index contributed by atoms with van der Waals surface area (Å²) in [6.07, 6.45) is 1.40. The normalized spacial score (nSPS) is 16.2. The van der Waals surface area contributed by atoms with Crippen LogP contribution in [0.5, 0.6) is 17.2 Å². The van der Waals surface area contributed by atoms with E-state index in [1.807, 2.05) is 0 Å². The molecule has 4 N–H and O–H groups in total. The largest absolute Gasteiger partial charge is 0.496 e. The van der Waals surface area contributed by atoms with Crippen molar-refractivity contribution in [2.45, 2.75) is 29.5 Å². The van der Waals surface area contributed by atoms with Gasteiger partial charge in [0.1, 0.15) is 11.6 Å². The van der Waals surface area contributed by atoms with Gasteiger partial charge in [-0.2, -0.15) is 5.26 Å². The third-order valence-corrected chi connectivity index (χ3v) is 9.31. The SMILES string of the molecule is COc1cc(OC)c(C2C(C#N)=C(N)N(c3nnc(SCC(=O)Nc4cccc(C(=O)O)c4)s3)C3=C2C(=O)CCC3)cc1OC. The van der Waals surface area contributed by atoms with Crippen molar-refractivity contribution in [1.82, 2.24) is 10.2 Å². The smallest absolute Gasteiger partial charge is 0.335 e. The maximum Gasteiger partial charge on any atom is 0.335 e. The third-order valence-electron chi connectivity index (χ3n) is 7.27. The third kappa shape index (κ3) is 6.15. The summed E-state index contributed by atoms with van der Waals surface area (Å²) in [4.78, 5) is 39.0. The molecule has 1 unspecified atom stereocenters. The summed E-state index contributed by atoms with van der Waals surface area (Å²) < 4.78 is 17.1. The molecule has 1 aliphatic carbocycles. The van der Waals surface area contributed by atoms with Crippen molar-refractivity contribution in [2.24, 2.45) is 5.73 Å². The van der Waals surface area contributed by atoms with Gasteiger partial charge in [-0.05, 0) is 37.1 Å². The fourth-order valence-corrected chi connectivity index (χ4v) is 6.98. The zero-order chi connectivity index (χ0) is 32.2. The van der Waals surface area contributed by atoms with Crippen molar-refractivity contribution in [3.63, 3.8) is 0 Å². The number of carboxylic acid groups (broad SMARTS) is 1. The molecular formula is C30H28N6O7S2. The molecule has 1 aliphatic heterocycles. The molecule has 15 heteroatoms. The average Bonchev–Trinajstić information content (AvgIpc) is 3.51. The highest BCUT2D eigenvalue weighted by Crippen LogP contribution is 2.50. The first-order chi connectivity index (χ1) is 21.7. The van der Waals surface area contributed by atoms with E-state index in [1.165, 1.54) is 33.5 Å². The Kier molecular flexibility index (Phi) is 9.26. The van der Waals surface area contributed by atoms with Crippen LogP contribution < -0.4 is 30.2 Å². The van der Waals surface area contributed by atoms with Gasteiger partial charge in [0.15, 0.2) is 21.6 Å². The molecule has 0 bridgehead atoms. The van der Waals surface area contributed by atoms with Gasteiger partial charge in [-0.3, -0.25) is 14.5 Å². The Balaban J connectivity index is 1.46. The van der Waals surface area contributed by atoms with Crippen molar-refractivity contribution >= 4 is 51.6 Å². The summed E-state index contributed by atoms with van der Waals surface area (Å²) in [5, 5.41) is 31.1. The summed E-state index contributed by atoms with van der Waals surface area (Å²) in [6.45, 7) is 0. The monoisotopic (exact) mass is 648 g/mol. The topological polar surface area (TPSA) is 190 Å². The van der Waals surface area contributed by atoms with Crippen LogP contribution in [0.15, 0.2) is 63.4 Å². The number of nitrogens with two attached hydrogens (primary N) is 1. The van der Waals surface area contributed by atoms with Crippen LogP contribution in [-0.2, 0) is 9.59 Å². The van der Waals surface area contributed by atoms with E-state index >= 15 is 0 Å². The fraction of sp³-hybridized carbons (Fsp3) is 0.267. The Morgan fingerprint density at radius 3 is 2.56 bits per heavy atom. The van der Waals surface area contributed by atoms with Crippen LogP contribution in [0.2, 0.25) is 0 Å². The maximum absolute atomic E-state index is 13.6. The van der Waals surface area contributed by atoms with Crippen molar-refractivity contribution in [3.05, 3.63) is 70.2 Å². The lowest BCUT2D eigenvalue weighted by Crippen LogP contribution is -2.38. The van der Waals surface area contributed by atoms with E-state index in [2.05, 4.69) is 21.6 Å². The number of carboxylic acids is 1. The molecule has 45 heavy (non-hydrogen) atoms. The minimum atomic E-state index is -1.10. The number of ether oxygens (including phenoxy) is 3. The molecule has 2 aromatic carbocycles. The number of ketones is 1. The van der Waals surface area contributed by atoms with E-state index < -0.39 is 11.9 Å². The second-order valence-corrected chi connectivity index (χ2v) is 12.0. The number of hydrogen-bond acceptors (Lipinski definition) is 13. The van der Waals surface area contributed by atoms with Crippen LogP contribution in [0.3, 0.4) is 0 Å². The summed E-state index contributed by atoms with van der Waals surface area (Å²) >= 11 is 2.30. The summed E-state index contributed by atoms with van der Waals surface area (Å²) in [5.74, 6) is -1.07. The van der Waals surface area contributed by atoms with Crippen LogP contribution in [0.4, 0.5) is 10.8 Å². The minimum Gasteiger partial charge on any atom is -0.496 e. The molecular weight excluding hydrogens is 620 g/mol. The van der Waals surface area contributed by atoms with E-state index in [9.17, 15) is 24.8 Å². The molecule has 2 aliphatic rings. The van der Waals surface area contributed by atoms with Crippen molar-refractivity contribution < 1.29 is 33.7 Å². The molecule has 1 aromatic heterocycles. The molecule has 5 rings (SSSR count). The minimum absolute atomic E-state index is 0.0195. The number of methoxy groups -OCH3 is 3. The van der Waals surface area contributed by atoms with Crippen LogP contribution >= 0.6 is 23.1 Å². The average molecular weight is 649 g/mol. The lowest BCUT2D eigenvalue weighted by atomic mass is 9.75. The molecule has 0 fully saturated rings. The molecule has 0 spiro atoms. The van der Waals surface area contributed by atoms with Gasteiger partial charge in [-0.1, -0.05) is 29.2 Å². The predicted molar refractivity (Wildman–Crippen MR) is 167 cm³/mol. The Labute approximate surface area is 266 Å². The number of rotatable bonds is 10. The van der Waals surface area contributed by atoms with E-state index in [1.54, 1.807) is 29.2 Å². The number of anilines is 2. The van der Waals surface area contributed by atoms with Crippen LogP contribution in [0.25, 0.3) is 0 Å². The molecule has 232 valence electrons. The van der Waals surface area contributed by atoms with Crippen LogP contribution in [0.1, 0.15) is 41.1 Å². The molecule has 1 amide bonds. The number of carbonyl (C=O) groups excluding carboxylic acids is 2. The van der Waals surface area contributed by atoms with E-state index in [0.29, 0.717) is 68.5 Å². The Morgan fingerprint density at radius 2 is 1.87 bits per heavy atom. The van der Waals surface area contributed by atoms with Gasteiger partial charge in [-0.15, -0.1) is 10.2 Å². The number of allylic oxidation sites excluding steroid dienone is 3. The van der Waals surface area contributed by atoms with Crippen molar-refractivity contribution in [2.75, 3.05) is 37.3 Å². The quantitative estimate of drug-likeness (QED) is 0.264. The van der Waals surface area contributed by atoms with Gasteiger partial charge >= 0.3 is 5.97 Å². The zero-order valence-electron chi connectivity index (χ0n) is 24.4. The van der Waals surface area contributed by atoms with Crippen LogP contribution in [-0.4, -0.2) is 60.0 Å². The first-order valence-electron chi connectivity index (χ1n) is 13.6. The van der Waals surface area contributed by atoms with E-state index in [-0.39, 0.29) is 34.4 Å². The maximum atomic E-state index is 13.6. The summed E-state index contributed by atoms with van der Waals surface area (Å²) in [5.41, 5.74) is 8.81. The van der Waals surface area contributed by atoms with Gasteiger partial charge in [-0.25, -0.2) is 4.79 Å². The Bertz CT molecular complexity index is 1790. The molecule has 13 nitrogen and oxygen atoms in total. The van der Waals surface area contributed by atoms with E-state index in [4.69, 9.17) is 19.9 Å². The zero-order valence-corrected chi connectivity index (χ0v) is 26.1. The Morgan fingerprint density at radius 1 is 1.13 bits per heavy atom. The second-order valence-electron chi connectivity index (χ2n) is 9.84. The number of nitrogens with zero attached hydrogens (tertiary/aromatic N) is 4. The van der Waals surface area contributed by atoms with Crippen LogP contribution in [0, 0.1) is 11.3 Å². The summed E-state index contributed by atoms with van der Waals surface area (Å²) in [7, 11) is 4.49. The highest BCUT2D eigenvalue weighted by molar-refractivity contribution is 8.01. The second kappa shape index (κ2) is 13.3. The highest BCUT2D eigenvalue weighted by Gasteiger charge is 2.42. The molecule has 0 radical (unpaired) electrons. The Hall–Kier alpha value is -5.07. The van der Waals surface area contributed by atoms with Crippen molar-refractivity contribution in [3.8, 4) is 23.3 Å². The number of carbonyl (C=O) groups is 3. The molecule has 0 saturated heterocycles. The summed E-state index contributed by atoms with van der Waals surface area (Å²) in [6, 6.07) is 11.5. The molecule has 0 saturated carbocycles. The highest BCUT2D eigenvalue weighted by atomic mass is 32.2. The molecule has 3 aromatic rings. The number of nitrogens with one attached hydrogen (secondary N) is 1. The van der Waals surface area contributed by atoms with Gasteiger partial charge < -0.3 is 30.4 Å². The lowest BCUT2D eigenvalue weighted by Gasteiger charge is -2.38. The van der Waals surface area contributed by atoms with Gasteiger partial charge in [0.25, 0.3) is 0 Å².